The Balaban J connectivity index is 0.993. The highest BCUT2D eigenvalue weighted by Gasteiger charge is 2.40. The predicted molar refractivity (Wildman–Crippen MR) is 220 cm³/mol. The number of rotatable bonds is 10. The Bertz CT molecular complexity index is 2430. The molecule has 6 aromatic rings. The molecule has 4 aromatic heterocycles. The number of nitrogens with zero attached hydrogens (tertiary/aromatic N) is 7. The Morgan fingerprint density at radius 2 is 1.23 bits per heavy atom. The van der Waals surface area contributed by atoms with Crippen molar-refractivity contribution < 1.29 is 33.6 Å². The van der Waals surface area contributed by atoms with Crippen molar-refractivity contribution in [2.45, 2.75) is 77.5 Å². The van der Waals surface area contributed by atoms with Crippen LogP contribution in [0.5, 0.6) is 0 Å². The van der Waals surface area contributed by atoms with Crippen LogP contribution >= 0.6 is 0 Å². The lowest BCUT2D eigenvalue weighted by Crippen LogP contribution is -2.51. The van der Waals surface area contributed by atoms with Crippen LogP contribution in [-0.2, 0) is 19.1 Å². The maximum Gasteiger partial charge on any atom is 0.407 e. The van der Waals surface area contributed by atoms with Crippen molar-refractivity contribution in [3.05, 3.63) is 60.4 Å². The van der Waals surface area contributed by atoms with Gasteiger partial charge in [-0.3, -0.25) is 14.6 Å². The lowest BCUT2D eigenvalue weighted by molar-refractivity contribution is -0.347. The first-order valence-corrected chi connectivity index (χ1v) is 20.3. The molecule has 0 saturated carbocycles. The Labute approximate surface area is 345 Å². The molecule has 8 rings (SSSR count). The molecule has 18 nitrogen and oxygen atoms in total. The molecule has 2 aliphatic rings. The van der Waals surface area contributed by atoms with Gasteiger partial charge in [0.05, 0.1) is 32.2 Å². The fraction of sp³-hybridized carbons (Fsp3) is 0.429. The molecular formula is C42H49N12O6+. The fourth-order valence-corrected chi connectivity index (χ4v) is 8.22. The SMILES string of the molecule is COC(=O)N[C@H](C(=O)N1CCC[C@@H]1c1nc2ncc(-c3ccc4cc(-c5c[nH+]c6nc([C@H]7CCCN7C(=O)[C@@H](NC(=O)OC)C(C)C)[nH]c6n5)ccc4c3)nc2[nH]1)C(C)C. The number of likely N-dealkylation sites (tertiary alicyclic amines) is 2. The first kappa shape index (κ1) is 40.1. The van der Waals surface area contributed by atoms with Crippen molar-refractivity contribution in [1.82, 2.24) is 55.3 Å². The van der Waals surface area contributed by atoms with Crippen molar-refractivity contribution >= 4 is 57.4 Å². The van der Waals surface area contributed by atoms with Gasteiger partial charge in [-0.05, 0) is 65.4 Å². The van der Waals surface area contributed by atoms with Crippen LogP contribution in [0.1, 0.15) is 77.1 Å². The van der Waals surface area contributed by atoms with Crippen molar-refractivity contribution in [1.29, 1.82) is 0 Å². The standard InChI is InChI=1S/C42H48N12O6/c1-21(2)31(47-41(57)59-5)39(55)53-15-7-9-29(53)33-49-35-37(51-33)45-27(19-43-35)25-13-11-24-18-26(14-12-23(24)17-25)28-20-44-36-38(46-28)52-34(50-36)30-10-8-16-54(30)40(56)32(22(3)4)48-42(58)60-6/h11-14,17-22,29-32H,7-10,15-16H2,1-6H3,(H,47,57)(H,48,58)(H,43,45,49,51)(H,44,46,50,52)/p+1/t29-,30-,31+,32+/m1/s1. The minimum atomic E-state index is -0.728. The molecule has 0 radical (unpaired) electrons. The largest absolute Gasteiger partial charge is 0.453 e. The van der Waals surface area contributed by atoms with Gasteiger partial charge in [-0.15, -0.1) is 0 Å². The van der Waals surface area contributed by atoms with Gasteiger partial charge in [0.25, 0.3) is 0 Å². The van der Waals surface area contributed by atoms with Gasteiger partial charge in [0.1, 0.15) is 35.8 Å². The maximum absolute atomic E-state index is 13.6. The van der Waals surface area contributed by atoms with Crippen LogP contribution in [0.4, 0.5) is 9.59 Å². The smallest absolute Gasteiger partial charge is 0.407 e. The number of nitrogens with one attached hydrogen (secondary N) is 5. The molecule has 0 spiro atoms. The predicted octanol–water partition coefficient (Wildman–Crippen LogP) is 5.01. The number of carbonyl (C=O) groups excluding carboxylic acids is 4. The van der Waals surface area contributed by atoms with E-state index in [0.717, 1.165) is 53.3 Å². The molecule has 5 N–H and O–H groups in total. The van der Waals surface area contributed by atoms with E-state index < -0.39 is 24.3 Å². The van der Waals surface area contributed by atoms with Crippen LogP contribution in [0.3, 0.4) is 0 Å². The zero-order valence-electron chi connectivity index (χ0n) is 34.4. The average molecular weight is 818 g/mol. The van der Waals surface area contributed by atoms with E-state index >= 15 is 0 Å². The van der Waals surface area contributed by atoms with Gasteiger partial charge in [0.2, 0.25) is 23.3 Å². The highest BCUT2D eigenvalue weighted by molar-refractivity contribution is 5.91. The number of ether oxygens (including phenoxy) is 2. The first-order chi connectivity index (χ1) is 28.9. The van der Waals surface area contributed by atoms with Crippen molar-refractivity contribution in [2.75, 3.05) is 27.3 Å². The molecule has 2 aromatic carbocycles. The van der Waals surface area contributed by atoms with Crippen LogP contribution in [0, 0.1) is 11.8 Å². The highest BCUT2D eigenvalue weighted by atomic mass is 16.5. The molecule has 0 unspecified atom stereocenters. The number of amides is 4. The van der Waals surface area contributed by atoms with Gasteiger partial charge in [-0.2, -0.15) is 0 Å². The maximum atomic E-state index is 13.6. The van der Waals surface area contributed by atoms with Crippen LogP contribution in [-0.4, -0.2) is 108 Å². The number of alkyl carbamates (subject to hydrolysis) is 2. The second kappa shape index (κ2) is 16.5. The summed E-state index contributed by atoms with van der Waals surface area (Å²) in [5.41, 5.74) is 5.31. The number of H-pyrrole nitrogens is 3. The third kappa shape index (κ3) is 7.76. The van der Waals surface area contributed by atoms with E-state index in [2.05, 4.69) is 42.7 Å². The van der Waals surface area contributed by atoms with Gasteiger partial charge in [-0.25, -0.2) is 34.5 Å². The summed E-state index contributed by atoms with van der Waals surface area (Å²) in [6.45, 7) is 8.65. The molecule has 4 amide bonds. The number of methoxy groups -OCH3 is 2. The Morgan fingerprint density at radius 1 is 0.717 bits per heavy atom. The van der Waals surface area contributed by atoms with E-state index in [4.69, 9.17) is 29.4 Å². The minimum absolute atomic E-state index is 0.133. The van der Waals surface area contributed by atoms with Crippen LogP contribution in [0.15, 0.2) is 48.8 Å². The molecular weight excluding hydrogens is 769 g/mol. The van der Waals surface area contributed by atoms with Crippen LogP contribution in [0.25, 0.3) is 55.9 Å². The average Bonchev–Trinajstić information content (AvgIpc) is 4.08. The summed E-state index contributed by atoms with van der Waals surface area (Å²) in [6, 6.07) is 10.2. The van der Waals surface area contributed by atoms with E-state index in [9.17, 15) is 19.2 Å². The molecule has 2 saturated heterocycles. The molecule has 2 fully saturated rings. The third-order valence-electron chi connectivity index (χ3n) is 11.4. The lowest BCUT2D eigenvalue weighted by Gasteiger charge is -2.29. The number of hydrogen-bond donors (Lipinski definition) is 4. The van der Waals surface area contributed by atoms with E-state index in [-0.39, 0.29) is 35.7 Å². The Morgan fingerprint density at radius 3 is 1.78 bits per heavy atom. The van der Waals surface area contributed by atoms with Gasteiger partial charge in [0, 0.05) is 24.2 Å². The summed E-state index contributed by atoms with van der Waals surface area (Å²) in [6.07, 6.45) is 5.29. The van der Waals surface area contributed by atoms with Gasteiger partial charge in [0.15, 0.2) is 11.3 Å². The van der Waals surface area contributed by atoms with Gasteiger partial charge >= 0.3 is 17.8 Å². The van der Waals surface area contributed by atoms with Gasteiger partial charge in [-0.1, -0.05) is 52.0 Å². The normalized spacial score (nSPS) is 17.8. The summed E-state index contributed by atoms with van der Waals surface area (Å²) in [7, 11) is 2.56. The quantitative estimate of drug-likeness (QED) is 0.144. The highest BCUT2D eigenvalue weighted by Crippen LogP contribution is 2.35. The number of benzene rings is 2. The third-order valence-corrected chi connectivity index (χ3v) is 11.4. The number of carbonyl (C=O) groups is 4. The zero-order valence-corrected chi connectivity index (χ0v) is 34.4. The van der Waals surface area contributed by atoms with Crippen molar-refractivity contribution in [3.8, 4) is 22.5 Å². The molecule has 6 heterocycles. The second-order valence-corrected chi connectivity index (χ2v) is 16.0. The number of aromatic amines is 3. The van der Waals surface area contributed by atoms with E-state index in [1.54, 1.807) is 16.0 Å². The number of imidazole rings is 2. The van der Waals surface area contributed by atoms with Crippen LogP contribution in [0.2, 0.25) is 0 Å². The van der Waals surface area contributed by atoms with Crippen LogP contribution < -0.4 is 15.6 Å². The monoisotopic (exact) mass is 817 g/mol. The zero-order chi connectivity index (χ0) is 42.2. The number of aromatic nitrogens is 8. The number of fused-ring (bicyclic) bond motifs is 3. The molecule has 312 valence electrons. The summed E-state index contributed by atoms with van der Waals surface area (Å²) in [5.74, 6) is 0.616. The topological polar surface area (TPSA) is 227 Å². The number of hydrogen-bond acceptors (Lipinski definition) is 11. The van der Waals surface area contributed by atoms with Crippen molar-refractivity contribution in [3.63, 3.8) is 0 Å². The first-order valence-electron chi connectivity index (χ1n) is 20.3. The lowest BCUT2D eigenvalue weighted by atomic mass is 10.0. The molecule has 2 aliphatic heterocycles. The van der Waals surface area contributed by atoms with E-state index in [1.165, 1.54) is 14.2 Å². The van der Waals surface area contributed by atoms with E-state index in [0.29, 0.717) is 53.0 Å². The summed E-state index contributed by atoms with van der Waals surface area (Å²) in [4.78, 5) is 88.6. The van der Waals surface area contributed by atoms with Crippen molar-refractivity contribution in [2.24, 2.45) is 11.8 Å². The Hall–Kier alpha value is -6.72. The minimum Gasteiger partial charge on any atom is -0.453 e. The molecule has 0 bridgehead atoms. The molecule has 18 heteroatoms. The summed E-state index contributed by atoms with van der Waals surface area (Å²) >= 11 is 0. The fourth-order valence-electron chi connectivity index (χ4n) is 8.22. The van der Waals surface area contributed by atoms with E-state index in [1.807, 2.05) is 58.2 Å². The van der Waals surface area contributed by atoms with Gasteiger partial charge < -0.3 is 34.9 Å². The molecule has 0 aliphatic carbocycles. The summed E-state index contributed by atoms with van der Waals surface area (Å²) in [5, 5.41) is 7.39. The molecule has 60 heavy (non-hydrogen) atoms. The summed E-state index contributed by atoms with van der Waals surface area (Å²) < 4.78 is 9.53. The molecule has 4 atom stereocenters. The second-order valence-electron chi connectivity index (χ2n) is 16.0. The Kier molecular flexibility index (Phi) is 11.0.